The number of aromatic nitrogens is 3. The van der Waals surface area contributed by atoms with Gasteiger partial charge in [0.1, 0.15) is 0 Å². The van der Waals surface area contributed by atoms with Crippen LogP contribution in [-0.2, 0) is 5.75 Å². The molecule has 86 valence electrons. The minimum Gasteiger partial charge on any atom is -0.351 e. The van der Waals surface area contributed by atoms with Crippen molar-refractivity contribution in [3.8, 4) is 11.7 Å². The van der Waals surface area contributed by atoms with Crippen LogP contribution in [0.25, 0.3) is 11.7 Å². The number of rotatable bonds is 4. The Bertz CT molecular complexity index is 464. The fraction of sp³-hybridized carbons (Fsp3) is 0.500. The first-order chi connectivity index (χ1) is 7.70. The standard InChI is InChI=1S/C10H13N3O2S/c1-6(2)7-4-8(14-12-7)10-11-9(5-16-3)13-15-10/h4,6H,5H2,1-3H3. The molecule has 6 heteroatoms. The third-order valence-corrected chi connectivity index (χ3v) is 2.62. The van der Waals surface area contributed by atoms with Crippen molar-refractivity contribution in [3.63, 3.8) is 0 Å². The highest BCUT2D eigenvalue weighted by Gasteiger charge is 2.15. The molecular formula is C10H13N3O2S. The maximum Gasteiger partial charge on any atom is 0.296 e. The van der Waals surface area contributed by atoms with Crippen LogP contribution in [0.15, 0.2) is 15.1 Å². The summed E-state index contributed by atoms with van der Waals surface area (Å²) in [5.41, 5.74) is 0.889. The van der Waals surface area contributed by atoms with Crippen molar-refractivity contribution < 1.29 is 9.05 Å². The first-order valence-electron chi connectivity index (χ1n) is 4.99. The zero-order valence-corrected chi connectivity index (χ0v) is 10.2. The van der Waals surface area contributed by atoms with E-state index in [9.17, 15) is 0 Å². The average molecular weight is 239 g/mol. The Morgan fingerprint density at radius 1 is 1.31 bits per heavy atom. The third kappa shape index (κ3) is 2.27. The van der Waals surface area contributed by atoms with E-state index in [0.717, 1.165) is 11.4 Å². The molecule has 2 rings (SSSR count). The molecule has 0 spiro atoms. The molecule has 0 bridgehead atoms. The van der Waals surface area contributed by atoms with Crippen molar-refractivity contribution in [3.05, 3.63) is 17.6 Å². The Morgan fingerprint density at radius 3 is 2.75 bits per heavy atom. The van der Waals surface area contributed by atoms with Gasteiger partial charge in [0.2, 0.25) is 5.76 Å². The van der Waals surface area contributed by atoms with Crippen LogP contribution in [0.3, 0.4) is 0 Å². The van der Waals surface area contributed by atoms with Gasteiger partial charge >= 0.3 is 0 Å². The predicted octanol–water partition coefficient (Wildman–Crippen LogP) is 2.71. The second kappa shape index (κ2) is 4.69. The van der Waals surface area contributed by atoms with E-state index in [1.807, 2.05) is 12.3 Å². The van der Waals surface area contributed by atoms with E-state index < -0.39 is 0 Å². The first-order valence-corrected chi connectivity index (χ1v) is 6.38. The van der Waals surface area contributed by atoms with Crippen molar-refractivity contribution >= 4 is 11.8 Å². The van der Waals surface area contributed by atoms with Gasteiger partial charge in [-0.2, -0.15) is 16.7 Å². The largest absolute Gasteiger partial charge is 0.351 e. The van der Waals surface area contributed by atoms with Gasteiger partial charge in [-0.1, -0.05) is 24.2 Å². The second-order valence-corrected chi connectivity index (χ2v) is 4.59. The second-order valence-electron chi connectivity index (χ2n) is 3.72. The lowest BCUT2D eigenvalue weighted by Gasteiger charge is -1.92. The Labute approximate surface area is 97.6 Å². The number of nitrogens with zero attached hydrogens (tertiary/aromatic N) is 3. The van der Waals surface area contributed by atoms with E-state index in [4.69, 9.17) is 9.05 Å². The average Bonchev–Trinajstić information content (AvgIpc) is 2.84. The van der Waals surface area contributed by atoms with Crippen molar-refractivity contribution in [1.29, 1.82) is 0 Å². The summed E-state index contributed by atoms with van der Waals surface area (Å²) in [6, 6.07) is 1.83. The quantitative estimate of drug-likeness (QED) is 0.817. The monoisotopic (exact) mass is 239 g/mol. The highest BCUT2D eigenvalue weighted by atomic mass is 32.2. The number of hydrogen-bond acceptors (Lipinski definition) is 6. The van der Waals surface area contributed by atoms with E-state index >= 15 is 0 Å². The van der Waals surface area contributed by atoms with Gasteiger partial charge in [0.05, 0.1) is 11.4 Å². The lowest BCUT2D eigenvalue weighted by atomic mass is 10.1. The van der Waals surface area contributed by atoms with Gasteiger partial charge in [-0.15, -0.1) is 0 Å². The normalized spacial score (nSPS) is 11.2. The van der Waals surface area contributed by atoms with Crippen LogP contribution < -0.4 is 0 Å². The Morgan fingerprint density at radius 2 is 2.12 bits per heavy atom. The molecule has 0 aliphatic carbocycles. The molecular weight excluding hydrogens is 226 g/mol. The topological polar surface area (TPSA) is 65.0 Å². The van der Waals surface area contributed by atoms with Crippen LogP contribution in [0, 0.1) is 0 Å². The summed E-state index contributed by atoms with van der Waals surface area (Å²) in [6.45, 7) is 4.10. The molecule has 0 saturated heterocycles. The summed E-state index contributed by atoms with van der Waals surface area (Å²) in [4.78, 5) is 4.21. The molecule has 2 aromatic heterocycles. The summed E-state index contributed by atoms with van der Waals surface area (Å²) in [5, 5.41) is 7.78. The van der Waals surface area contributed by atoms with Crippen LogP contribution in [-0.4, -0.2) is 21.6 Å². The van der Waals surface area contributed by atoms with Gasteiger partial charge in [-0.05, 0) is 12.2 Å². The van der Waals surface area contributed by atoms with E-state index in [-0.39, 0.29) is 0 Å². The Hall–Kier alpha value is -1.30. The summed E-state index contributed by atoms with van der Waals surface area (Å²) >= 11 is 1.64. The van der Waals surface area contributed by atoms with Crippen molar-refractivity contribution in [2.45, 2.75) is 25.5 Å². The SMILES string of the molecule is CSCc1noc(-c2cc(C(C)C)no2)n1. The summed E-state index contributed by atoms with van der Waals surface area (Å²) in [5.74, 6) is 2.65. The highest BCUT2D eigenvalue weighted by Crippen LogP contribution is 2.22. The number of thioether (sulfide) groups is 1. The fourth-order valence-corrected chi connectivity index (χ4v) is 1.58. The molecule has 0 unspecified atom stereocenters. The van der Waals surface area contributed by atoms with Gasteiger partial charge in [0, 0.05) is 6.07 Å². The number of hydrogen-bond donors (Lipinski definition) is 0. The Kier molecular flexibility index (Phi) is 3.28. The molecule has 0 saturated carbocycles. The van der Waals surface area contributed by atoms with Crippen LogP contribution >= 0.6 is 11.8 Å². The lowest BCUT2D eigenvalue weighted by Crippen LogP contribution is -1.84. The molecule has 5 nitrogen and oxygen atoms in total. The molecule has 0 aliphatic rings. The molecule has 0 fully saturated rings. The molecule has 0 atom stereocenters. The van der Waals surface area contributed by atoms with Gasteiger partial charge in [0.25, 0.3) is 5.89 Å². The van der Waals surface area contributed by atoms with Crippen molar-refractivity contribution in [2.24, 2.45) is 0 Å². The minimum atomic E-state index is 0.325. The molecule has 0 aromatic carbocycles. The maximum absolute atomic E-state index is 5.15. The molecule has 16 heavy (non-hydrogen) atoms. The van der Waals surface area contributed by atoms with E-state index in [1.54, 1.807) is 11.8 Å². The fourth-order valence-electron chi connectivity index (χ4n) is 1.20. The molecule has 0 N–H and O–H groups in total. The van der Waals surface area contributed by atoms with Gasteiger partial charge < -0.3 is 9.05 Å². The van der Waals surface area contributed by atoms with E-state index in [1.165, 1.54) is 0 Å². The zero-order chi connectivity index (χ0) is 11.5. The van der Waals surface area contributed by atoms with Crippen molar-refractivity contribution in [1.82, 2.24) is 15.3 Å². The van der Waals surface area contributed by atoms with Crippen LogP contribution in [0.5, 0.6) is 0 Å². The lowest BCUT2D eigenvalue weighted by molar-refractivity contribution is 0.378. The molecule has 2 heterocycles. The Balaban J connectivity index is 2.21. The summed E-state index contributed by atoms with van der Waals surface area (Å²) < 4.78 is 10.2. The molecule has 0 amide bonds. The highest BCUT2D eigenvalue weighted by molar-refractivity contribution is 7.97. The predicted molar refractivity (Wildman–Crippen MR) is 61.1 cm³/mol. The van der Waals surface area contributed by atoms with Gasteiger partial charge in [-0.25, -0.2) is 0 Å². The minimum absolute atomic E-state index is 0.325. The zero-order valence-electron chi connectivity index (χ0n) is 9.43. The van der Waals surface area contributed by atoms with E-state index in [0.29, 0.717) is 23.4 Å². The van der Waals surface area contributed by atoms with Gasteiger partial charge in [0.15, 0.2) is 5.82 Å². The van der Waals surface area contributed by atoms with Crippen LogP contribution in [0.4, 0.5) is 0 Å². The molecule has 0 radical (unpaired) electrons. The maximum atomic E-state index is 5.15. The third-order valence-electron chi connectivity index (χ3n) is 2.07. The van der Waals surface area contributed by atoms with Crippen LogP contribution in [0.1, 0.15) is 31.3 Å². The summed E-state index contributed by atoms with van der Waals surface area (Å²) in [6.07, 6.45) is 1.99. The summed E-state index contributed by atoms with van der Waals surface area (Å²) in [7, 11) is 0. The first kappa shape index (κ1) is 11.2. The smallest absolute Gasteiger partial charge is 0.296 e. The molecule has 0 aliphatic heterocycles. The van der Waals surface area contributed by atoms with Crippen LogP contribution in [0.2, 0.25) is 0 Å². The van der Waals surface area contributed by atoms with Crippen molar-refractivity contribution in [2.75, 3.05) is 6.26 Å². The van der Waals surface area contributed by atoms with E-state index in [2.05, 4.69) is 29.1 Å². The van der Waals surface area contributed by atoms with Gasteiger partial charge in [-0.3, -0.25) is 0 Å². The molecule has 2 aromatic rings.